The van der Waals surface area contributed by atoms with Crippen molar-refractivity contribution in [2.45, 2.75) is 70.9 Å². The SMILES string of the molecule is Cc1nn(C(C)(C)C)c2nc(C3CC3)cc(C(=O)NC3CCN(CC(=O)Nc4ccccc4)CC3)c12. The van der Waals surface area contributed by atoms with Crippen molar-refractivity contribution in [2.75, 3.05) is 25.0 Å². The molecule has 1 aliphatic heterocycles. The molecule has 2 aliphatic rings. The fraction of sp³-hybridized carbons (Fsp3) is 0.500. The summed E-state index contributed by atoms with van der Waals surface area (Å²) in [4.78, 5) is 33.1. The molecule has 5 rings (SSSR count). The van der Waals surface area contributed by atoms with Gasteiger partial charge in [-0.05, 0) is 71.6 Å². The van der Waals surface area contributed by atoms with Gasteiger partial charge in [0.15, 0.2) is 5.65 Å². The molecule has 2 fully saturated rings. The van der Waals surface area contributed by atoms with E-state index in [-0.39, 0.29) is 23.4 Å². The lowest BCUT2D eigenvalue weighted by Crippen LogP contribution is -2.46. The minimum absolute atomic E-state index is 0.0122. The number of aromatic nitrogens is 3. The van der Waals surface area contributed by atoms with Gasteiger partial charge in [-0.2, -0.15) is 5.10 Å². The molecule has 3 aromatic rings. The molecule has 1 saturated carbocycles. The largest absolute Gasteiger partial charge is 0.349 e. The number of anilines is 1. The Labute approximate surface area is 212 Å². The Hall–Kier alpha value is -3.26. The van der Waals surface area contributed by atoms with Crippen molar-refractivity contribution in [3.63, 3.8) is 0 Å². The number of piperidine rings is 1. The van der Waals surface area contributed by atoms with Crippen LogP contribution in [-0.4, -0.2) is 57.2 Å². The summed E-state index contributed by atoms with van der Waals surface area (Å²) in [7, 11) is 0. The Morgan fingerprint density at radius 3 is 2.39 bits per heavy atom. The number of hydrogen-bond acceptors (Lipinski definition) is 5. The van der Waals surface area contributed by atoms with Gasteiger partial charge in [0, 0.05) is 36.4 Å². The normalized spacial score (nSPS) is 17.3. The second-order valence-electron chi connectivity index (χ2n) is 11.2. The van der Waals surface area contributed by atoms with Gasteiger partial charge in [-0.3, -0.25) is 14.5 Å². The van der Waals surface area contributed by atoms with E-state index in [9.17, 15) is 9.59 Å². The van der Waals surface area contributed by atoms with Crippen LogP contribution in [0, 0.1) is 6.92 Å². The second-order valence-corrected chi connectivity index (χ2v) is 11.2. The Bertz CT molecular complexity index is 1260. The maximum absolute atomic E-state index is 13.5. The van der Waals surface area contributed by atoms with Crippen LogP contribution in [0.4, 0.5) is 5.69 Å². The van der Waals surface area contributed by atoms with Crippen LogP contribution in [0.1, 0.15) is 74.1 Å². The first-order chi connectivity index (χ1) is 17.2. The summed E-state index contributed by atoms with van der Waals surface area (Å²) in [6.07, 6.45) is 3.87. The van der Waals surface area contributed by atoms with Gasteiger partial charge in [0.1, 0.15) is 0 Å². The molecule has 1 aromatic carbocycles. The Morgan fingerprint density at radius 1 is 1.06 bits per heavy atom. The highest BCUT2D eigenvalue weighted by Crippen LogP contribution is 2.41. The van der Waals surface area contributed by atoms with Crippen LogP contribution >= 0.6 is 0 Å². The van der Waals surface area contributed by atoms with Crippen LogP contribution in [0.3, 0.4) is 0 Å². The van der Waals surface area contributed by atoms with E-state index in [0.717, 1.165) is 66.9 Å². The third-order valence-corrected chi connectivity index (χ3v) is 7.06. The zero-order chi connectivity index (χ0) is 25.4. The lowest BCUT2D eigenvalue weighted by molar-refractivity contribution is -0.117. The molecule has 2 N–H and O–H groups in total. The highest BCUT2D eigenvalue weighted by Gasteiger charge is 2.31. The van der Waals surface area contributed by atoms with Crippen molar-refractivity contribution >= 4 is 28.5 Å². The van der Waals surface area contributed by atoms with Gasteiger partial charge in [0.25, 0.3) is 5.91 Å². The summed E-state index contributed by atoms with van der Waals surface area (Å²) in [6, 6.07) is 11.6. The summed E-state index contributed by atoms with van der Waals surface area (Å²) < 4.78 is 1.96. The summed E-state index contributed by atoms with van der Waals surface area (Å²) in [5, 5.41) is 11.8. The number of nitrogens with one attached hydrogen (secondary N) is 2. The molecule has 36 heavy (non-hydrogen) atoms. The Kier molecular flexibility index (Phi) is 6.55. The topological polar surface area (TPSA) is 92.2 Å². The zero-order valence-electron chi connectivity index (χ0n) is 21.7. The number of fused-ring (bicyclic) bond motifs is 1. The number of pyridine rings is 1. The molecule has 2 amide bonds. The minimum atomic E-state index is -0.227. The Morgan fingerprint density at radius 2 is 1.75 bits per heavy atom. The number of likely N-dealkylation sites (tertiary alicyclic amines) is 1. The molecule has 190 valence electrons. The number of carbonyl (C=O) groups is 2. The minimum Gasteiger partial charge on any atom is -0.349 e. The molecule has 0 atom stereocenters. The van der Waals surface area contributed by atoms with Crippen LogP contribution in [0.5, 0.6) is 0 Å². The highest BCUT2D eigenvalue weighted by molar-refractivity contribution is 6.06. The van der Waals surface area contributed by atoms with Gasteiger partial charge in [-0.15, -0.1) is 0 Å². The van der Waals surface area contributed by atoms with Gasteiger partial charge >= 0.3 is 0 Å². The molecule has 0 spiro atoms. The van der Waals surface area contributed by atoms with Crippen molar-refractivity contribution in [1.29, 1.82) is 0 Å². The standard InChI is InChI=1S/C28H36N6O2/c1-18-25-22(16-23(19-10-11-19)31-26(25)34(32-18)28(2,3)4)27(36)30-21-12-14-33(15-13-21)17-24(35)29-20-8-6-5-7-9-20/h5-9,16,19,21H,10-15,17H2,1-4H3,(H,29,35)(H,30,36). The second kappa shape index (κ2) is 9.65. The lowest BCUT2D eigenvalue weighted by atomic mass is 10.0. The van der Waals surface area contributed by atoms with Crippen molar-refractivity contribution in [3.8, 4) is 0 Å². The summed E-state index contributed by atoms with van der Waals surface area (Å²) in [5.41, 5.74) is 3.89. The van der Waals surface area contributed by atoms with E-state index in [2.05, 4.69) is 36.3 Å². The maximum atomic E-state index is 13.5. The summed E-state index contributed by atoms with van der Waals surface area (Å²) in [5.74, 6) is 0.373. The molecule has 2 aromatic heterocycles. The zero-order valence-corrected chi connectivity index (χ0v) is 21.7. The average Bonchev–Trinajstić information content (AvgIpc) is 3.63. The van der Waals surface area contributed by atoms with Crippen molar-refractivity contribution in [2.24, 2.45) is 0 Å². The third-order valence-electron chi connectivity index (χ3n) is 7.06. The molecule has 0 bridgehead atoms. The fourth-order valence-corrected chi connectivity index (χ4v) is 4.97. The molecule has 0 radical (unpaired) electrons. The first kappa shape index (κ1) is 24.4. The molecule has 1 saturated heterocycles. The predicted molar refractivity (Wildman–Crippen MR) is 141 cm³/mol. The predicted octanol–water partition coefficient (Wildman–Crippen LogP) is 4.21. The first-order valence-electron chi connectivity index (χ1n) is 13.0. The third kappa shape index (κ3) is 5.28. The number of para-hydroxylation sites is 1. The van der Waals surface area contributed by atoms with Crippen LogP contribution in [-0.2, 0) is 10.3 Å². The van der Waals surface area contributed by atoms with E-state index in [1.165, 1.54) is 0 Å². The monoisotopic (exact) mass is 488 g/mol. The van der Waals surface area contributed by atoms with Gasteiger partial charge < -0.3 is 10.6 Å². The molecule has 0 unspecified atom stereocenters. The number of nitrogens with zero attached hydrogens (tertiary/aromatic N) is 4. The number of aryl methyl sites for hydroxylation is 1. The van der Waals surface area contributed by atoms with Gasteiger partial charge in [0.2, 0.25) is 5.91 Å². The van der Waals surface area contributed by atoms with Gasteiger partial charge in [-0.1, -0.05) is 18.2 Å². The maximum Gasteiger partial charge on any atom is 0.252 e. The van der Waals surface area contributed by atoms with E-state index >= 15 is 0 Å². The van der Waals surface area contributed by atoms with E-state index in [1.807, 2.05) is 48.0 Å². The van der Waals surface area contributed by atoms with Crippen LogP contribution in [0.25, 0.3) is 11.0 Å². The number of rotatable bonds is 6. The molecule has 3 heterocycles. The molecular formula is C28H36N6O2. The summed E-state index contributed by atoms with van der Waals surface area (Å²) >= 11 is 0. The molecular weight excluding hydrogens is 452 g/mol. The average molecular weight is 489 g/mol. The van der Waals surface area contributed by atoms with Gasteiger partial charge in [-0.25, -0.2) is 9.67 Å². The smallest absolute Gasteiger partial charge is 0.252 e. The van der Waals surface area contributed by atoms with Crippen LogP contribution in [0.15, 0.2) is 36.4 Å². The van der Waals surface area contributed by atoms with E-state index < -0.39 is 0 Å². The van der Waals surface area contributed by atoms with Crippen molar-refractivity contribution in [1.82, 2.24) is 25.0 Å². The Balaban J connectivity index is 1.25. The number of hydrogen-bond donors (Lipinski definition) is 2. The molecule has 8 heteroatoms. The highest BCUT2D eigenvalue weighted by atomic mass is 16.2. The first-order valence-corrected chi connectivity index (χ1v) is 13.0. The van der Waals surface area contributed by atoms with Crippen LogP contribution in [0.2, 0.25) is 0 Å². The number of amides is 2. The summed E-state index contributed by atoms with van der Waals surface area (Å²) in [6.45, 7) is 10.2. The van der Waals surface area contributed by atoms with E-state index in [1.54, 1.807) is 0 Å². The quantitative estimate of drug-likeness (QED) is 0.542. The lowest BCUT2D eigenvalue weighted by Gasteiger charge is -2.32. The molecule has 1 aliphatic carbocycles. The van der Waals surface area contributed by atoms with E-state index in [0.29, 0.717) is 18.0 Å². The van der Waals surface area contributed by atoms with E-state index in [4.69, 9.17) is 10.1 Å². The van der Waals surface area contributed by atoms with Crippen LogP contribution < -0.4 is 10.6 Å². The fourth-order valence-electron chi connectivity index (χ4n) is 4.97. The number of carbonyl (C=O) groups excluding carboxylic acids is 2. The number of benzene rings is 1. The van der Waals surface area contributed by atoms with Crippen molar-refractivity contribution < 1.29 is 9.59 Å². The van der Waals surface area contributed by atoms with Gasteiger partial charge in [0.05, 0.1) is 28.7 Å². The molecule has 8 nitrogen and oxygen atoms in total. The van der Waals surface area contributed by atoms with Crippen molar-refractivity contribution in [3.05, 3.63) is 53.3 Å².